The number of aliphatic carboxylic acids is 1. The van der Waals surface area contributed by atoms with E-state index in [4.69, 9.17) is 10.2 Å². The lowest BCUT2D eigenvalue weighted by Gasteiger charge is -1.96. The van der Waals surface area contributed by atoms with Crippen molar-refractivity contribution < 1.29 is 15.0 Å². The van der Waals surface area contributed by atoms with Crippen LogP contribution in [0.5, 0.6) is 0 Å². The van der Waals surface area contributed by atoms with Crippen LogP contribution in [0.4, 0.5) is 0 Å². The number of aliphatic hydroxyl groups is 1. The summed E-state index contributed by atoms with van der Waals surface area (Å²) in [7, 11) is 0. The van der Waals surface area contributed by atoms with Crippen LogP contribution in [0.15, 0.2) is 11.1 Å². The predicted octanol–water partition coefficient (Wildman–Crippen LogP) is 0.400. The number of rotatable bonds is 2. The third-order valence-electron chi connectivity index (χ3n) is 1.20. The van der Waals surface area contributed by atoms with Gasteiger partial charge >= 0.3 is 5.97 Å². The molecule has 0 radical (unpaired) electrons. The summed E-state index contributed by atoms with van der Waals surface area (Å²) in [4.78, 5) is 10.1. The molecule has 0 unspecified atom stereocenters. The van der Waals surface area contributed by atoms with Crippen molar-refractivity contribution in [2.24, 2.45) is 0 Å². The van der Waals surface area contributed by atoms with E-state index in [0.717, 1.165) is 0 Å². The van der Waals surface area contributed by atoms with Crippen LogP contribution < -0.4 is 0 Å². The van der Waals surface area contributed by atoms with Gasteiger partial charge in [-0.1, -0.05) is 0 Å². The van der Waals surface area contributed by atoms with Crippen LogP contribution in [0.3, 0.4) is 0 Å². The lowest BCUT2D eigenvalue weighted by molar-refractivity contribution is -0.132. The Bertz CT molecular complexity index is 146. The highest BCUT2D eigenvalue weighted by Gasteiger charge is 2.02. The van der Waals surface area contributed by atoms with Gasteiger partial charge in [0.05, 0.1) is 6.61 Å². The molecule has 0 saturated heterocycles. The minimum atomic E-state index is -0.971. The van der Waals surface area contributed by atoms with Gasteiger partial charge in [0.2, 0.25) is 0 Å². The maximum absolute atomic E-state index is 10.1. The Balaban J connectivity index is 4.28. The molecular formula is C6H10O3. The highest BCUT2D eigenvalue weighted by Crippen LogP contribution is 2.00. The van der Waals surface area contributed by atoms with Crippen LogP contribution in [0.25, 0.3) is 0 Å². The van der Waals surface area contributed by atoms with Crippen molar-refractivity contribution in [1.29, 1.82) is 0 Å². The van der Waals surface area contributed by atoms with Crippen molar-refractivity contribution in [3.63, 3.8) is 0 Å². The number of carbonyl (C=O) groups is 1. The molecule has 0 heterocycles. The van der Waals surface area contributed by atoms with Crippen LogP contribution in [0.2, 0.25) is 0 Å². The van der Waals surface area contributed by atoms with Crippen molar-refractivity contribution >= 4 is 5.97 Å². The summed E-state index contributed by atoms with van der Waals surface area (Å²) >= 11 is 0. The predicted molar refractivity (Wildman–Crippen MR) is 33.1 cm³/mol. The zero-order chi connectivity index (χ0) is 7.44. The highest BCUT2D eigenvalue weighted by atomic mass is 16.4. The highest BCUT2D eigenvalue weighted by molar-refractivity contribution is 5.86. The molecule has 0 aliphatic heterocycles. The van der Waals surface area contributed by atoms with Crippen LogP contribution in [-0.4, -0.2) is 22.8 Å². The minimum absolute atomic E-state index is 0.182. The van der Waals surface area contributed by atoms with E-state index in [0.29, 0.717) is 5.57 Å². The molecule has 0 aliphatic rings. The zero-order valence-electron chi connectivity index (χ0n) is 5.51. The number of aliphatic hydroxyl groups excluding tert-OH is 1. The Hall–Kier alpha value is -0.830. The SMILES string of the molecule is CC(CO)=C(C)C(=O)O. The number of carboxylic acid groups (broad SMARTS) is 1. The Morgan fingerprint density at radius 1 is 1.44 bits per heavy atom. The van der Waals surface area contributed by atoms with Gasteiger partial charge in [-0.3, -0.25) is 0 Å². The second-order valence-electron chi connectivity index (χ2n) is 1.87. The molecule has 0 bridgehead atoms. The summed E-state index contributed by atoms with van der Waals surface area (Å²) in [6.45, 7) is 2.87. The molecule has 0 saturated carbocycles. The fourth-order valence-corrected chi connectivity index (χ4v) is 0.301. The molecule has 9 heavy (non-hydrogen) atoms. The third-order valence-corrected chi connectivity index (χ3v) is 1.20. The van der Waals surface area contributed by atoms with Gasteiger partial charge in [0.15, 0.2) is 0 Å². The Kier molecular flexibility index (Phi) is 2.95. The van der Waals surface area contributed by atoms with Crippen molar-refractivity contribution in [2.75, 3.05) is 6.61 Å². The number of carboxylic acids is 1. The quantitative estimate of drug-likeness (QED) is 0.532. The maximum Gasteiger partial charge on any atom is 0.331 e. The van der Waals surface area contributed by atoms with Gasteiger partial charge in [-0.25, -0.2) is 4.79 Å². The second-order valence-corrected chi connectivity index (χ2v) is 1.87. The summed E-state index contributed by atoms with van der Waals surface area (Å²) in [6.07, 6.45) is 0. The second kappa shape index (κ2) is 3.25. The average Bonchev–Trinajstić information content (AvgIpc) is 1.84. The van der Waals surface area contributed by atoms with Crippen LogP contribution in [-0.2, 0) is 4.79 Å². The van der Waals surface area contributed by atoms with E-state index in [-0.39, 0.29) is 12.2 Å². The van der Waals surface area contributed by atoms with Crippen LogP contribution in [0, 0.1) is 0 Å². The van der Waals surface area contributed by atoms with E-state index >= 15 is 0 Å². The summed E-state index contributed by atoms with van der Waals surface area (Å²) in [5, 5.41) is 16.7. The van der Waals surface area contributed by atoms with Gasteiger partial charge in [0, 0.05) is 5.57 Å². The summed E-state index contributed by atoms with van der Waals surface area (Å²) in [5.41, 5.74) is 0.722. The van der Waals surface area contributed by atoms with Gasteiger partial charge in [-0.15, -0.1) is 0 Å². The summed E-state index contributed by atoms with van der Waals surface area (Å²) < 4.78 is 0. The molecule has 0 aromatic rings. The van der Waals surface area contributed by atoms with E-state index in [2.05, 4.69) is 0 Å². The Morgan fingerprint density at radius 2 is 1.89 bits per heavy atom. The van der Waals surface area contributed by atoms with Crippen LogP contribution in [0.1, 0.15) is 13.8 Å². The standard InChI is InChI=1S/C6H10O3/c1-4(3-7)5(2)6(8)9/h7H,3H2,1-2H3,(H,8,9). The first-order valence-electron chi connectivity index (χ1n) is 2.60. The molecule has 0 aliphatic carbocycles. The molecule has 52 valence electrons. The van der Waals surface area contributed by atoms with Gasteiger partial charge in [-0.05, 0) is 19.4 Å². The monoisotopic (exact) mass is 130 g/mol. The lowest BCUT2D eigenvalue weighted by Crippen LogP contribution is -2.01. The van der Waals surface area contributed by atoms with Crippen molar-refractivity contribution in [2.45, 2.75) is 13.8 Å². The molecule has 2 N–H and O–H groups in total. The lowest BCUT2D eigenvalue weighted by atomic mass is 10.2. The van der Waals surface area contributed by atoms with Crippen molar-refractivity contribution in [3.8, 4) is 0 Å². The molecule has 0 atom stereocenters. The molecule has 0 aromatic carbocycles. The largest absolute Gasteiger partial charge is 0.478 e. The number of hydrogen-bond acceptors (Lipinski definition) is 2. The van der Waals surface area contributed by atoms with E-state index in [9.17, 15) is 4.79 Å². The van der Waals surface area contributed by atoms with Gasteiger partial charge in [0.1, 0.15) is 0 Å². The molecular weight excluding hydrogens is 120 g/mol. The summed E-state index contributed by atoms with van der Waals surface area (Å²) in [6, 6.07) is 0. The fraction of sp³-hybridized carbons (Fsp3) is 0.500. The molecule has 0 fully saturated rings. The smallest absolute Gasteiger partial charge is 0.331 e. The molecule has 3 heteroatoms. The van der Waals surface area contributed by atoms with E-state index < -0.39 is 5.97 Å². The first-order valence-corrected chi connectivity index (χ1v) is 2.60. The molecule has 0 aromatic heterocycles. The summed E-state index contributed by atoms with van der Waals surface area (Å²) in [5.74, 6) is -0.971. The van der Waals surface area contributed by atoms with Gasteiger partial charge in [0.25, 0.3) is 0 Å². The first kappa shape index (κ1) is 8.17. The molecule has 0 spiro atoms. The Labute approximate surface area is 53.6 Å². The molecule has 0 amide bonds. The Morgan fingerprint density at radius 3 is 2.00 bits per heavy atom. The van der Waals surface area contributed by atoms with Crippen LogP contribution >= 0.6 is 0 Å². The number of hydrogen-bond donors (Lipinski definition) is 2. The van der Waals surface area contributed by atoms with E-state index in [1.54, 1.807) is 6.92 Å². The normalized spacial score (nSPS) is 12.8. The van der Waals surface area contributed by atoms with Gasteiger partial charge in [-0.2, -0.15) is 0 Å². The zero-order valence-corrected chi connectivity index (χ0v) is 5.51. The fourth-order valence-electron chi connectivity index (χ4n) is 0.301. The third kappa shape index (κ3) is 2.28. The van der Waals surface area contributed by atoms with Gasteiger partial charge < -0.3 is 10.2 Å². The maximum atomic E-state index is 10.1. The van der Waals surface area contributed by atoms with E-state index in [1.807, 2.05) is 0 Å². The van der Waals surface area contributed by atoms with Crippen molar-refractivity contribution in [3.05, 3.63) is 11.1 Å². The van der Waals surface area contributed by atoms with Crippen molar-refractivity contribution in [1.82, 2.24) is 0 Å². The first-order chi connectivity index (χ1) is 4.09. The minimum Gasteiger partial charge on any atom is -0.478 e. The average molecular weight is 130 g/mol. The van der Waals surface area contributed by atoms with E-state index in [1.165, 1.54) is 6.92 Å². The molecule has 3 nitrogen and oxygen atoms in total. The topological polar surface area (TPSA) is 57.5 Å². The molecule has 0 rings (SSSR count).